The zero-order valence-electron chi connectivity index (χ0n) is 12.4. The Hall–Kier alpha value is -1.88. The van der Waals surface area contributed by atoms with Gasteiger partial charge < -0.3 is 4.57 Å². The van der Waals surface area contributed by atoms with E-state index in [0.717, 1.165) is 35.7 Å². The summed E-state index contributed by atoms with van der Waals surface area (Å²) in [5.41, 5.74) is 2.90. The Kier molecular flexibility index (Phi) is 3.92. The number of hydrogen-bond donors (Lipinski definition) is 0. The number of nitrogens with zero attached hydrogens (tertiary/aromatic N) is 3. The van der Waals surface area contributed by atoms with Gasteiger partial charge >= 0.3 is 0 Å². The maximum Gasteiger partial charge on any atom is 0.259 e. The van der Waals surface area contributed by atoms with Gasteiger partial charge in [0.2, 0.25) is 5.78 Å². The highest BCUT2D eigenvalue weighted by Crippen LogP contribution is 2.21. The molecule has 5 heteroatoms. The van der Waals surface area contributed by atoms with Gasteiger partial charge in [-0.25, -0.2) is 4.98 Å². The first-order valence-electron chi connectivity index (χ1n) is 7.33. The molecule has 0 saturated heterocycles. The second-order valence-corrected chi connectivity index (χ2v) is 6.07. The molecular formula is C16H19N3OS. The first kappa shape index (κ1) is 14.1. The lowest BCUT2D eigenvalue weighted by atomic mass is 10.2. The average Bonchev–Trinajstić information content (AvgIpc) is 3.10. The number of hydrogen-bond acceptors (Lipinski definition) is 3. The standard InChI is InChI=1S/C16H19N3OS/c1-3-4-5-7-18-12(2)9-15(20)19-10-14(17-16(18)19)13-6-8-21-11-13/h6,8-11H,3-5,7H2,1-2H3. The maximum absolute atomic E-state index is 12.2. The van der Waals surface area contributed by atoms with Crippen LogP contribution in [0.1, 0.15) is 31.9 Å². The molecule has 0 atom stereocenters. The lowest BCUT2D eigenvalue weighted by Crippen LogP contribution is -2.18. The summed E-state index contributed by atoms with van der Waals surface area (Å²) in [7, 11) is 0. The molecular weight excluding hydrogens is 282 g/mol. The van der Waals surface area contributed by atoms with Crippen molar-refractivity contribution >= 4 is 17.1 Å². The molecule has 3 aromatic heterocycles. The Labute approximate surface area is 127 Å². The third-order valence-corrected chi connectivity index (χ3v) is 4.41. The van der Waals surface area contributed by atoms with Gasteiger partial charge in [-0.2, -0.15) is 11.3 Å². The van der Waals surface area contributed by atoms with Crippen molar-refractivity contribution in [3.05, 3.63) is 45.1 Å². The molecule has 0 aromatic carbocycles. The van der Waals surface area contributed by atoms with Gasteiger partial charge in [0.1, 0.15) is 0 Å². The Morgan fingerprint density at radius 2 is 2.19 bits per heavy atom. The van der Waals surface area contributed by atoms with Crippen LogP contribution in [0.4, 0.5) is 0 Å². The third-order valence-electron chi connectivity index (χ3n) is 3.73. The molecule has 0 amide bonds. The average molecular weight is 301 g/mol. The van der Waals surface area contributed by atoms with Crippen LogP contribution >= 0.6 is 11.3 Å². The highest BCUT2D eigenvalue weighted by molar-refractivity contribution is 7.08. The summed E-state index contributed by atoms with van der Waals surface area (Å²) < 4.78 is 3.80. The fraction of sp³-hybridized carbons (Fsp3) is 0.375. The van der Waals surface area contributed by atoms with Gasteiger partial charge in [-0.3, -0.25) is 9.20 Å². The van der Waals surface area contributed by atoms with Crippen LogP contribution in [0.15, 0.2) is 33.9 Å². The van der Waals surface area contributed by atoms with Crippen LogP contribution in [-0.4, -0.2) is 14.0 Å². The molecule has 3 aromatic rings. The zero-order chi connectivity index (χ0) is 14.8. The summed E-state index contributed by atoms with van der Waals surface area (Å²) in [6.45, 7) is 5.08. The summed E-state index contributed by atoms with van der Waals surface area (Å²) in [4.78, 5) is 16.9. The first-order chi connectivity index (χ1) is 10.2. The smallest absolute Gasteiger partial charge is 0.259 e. The number of imidazole rings is 1. The number of aromatic nitrogens is 3. The van der Waals surface area contributed by atoms with E-state index in [1.807, 2.05) is 24.6 Å². The number of thiophene rings is 1. The van der Waals surface area contributed by atoms with Crippen molar-refractivity contribution in [1.82, 2.24) is 14.0 Å². The second kappa shape index (κ2) is 5.85. The summed E-state index contributed by atoms with van der Waals surface area (Å²) in [6, 6.07) is 3.73. The molecule has 3 heterocycles. The van der Waals surface area contributed by atoms with E-state index in [1.54, 1.807) is 21.8 Å². The van der Waals surface area contributed by atoms with Gasteiger partial charge in [0.25, 0.3) is 5.56 Å². The molecule has 3 rings (SSSR count). The predicted octanol–water partition coefficient (Wildman–Crippen LogP) is 3.72. The Morgan fingerprint density at radius 3 is 2.90 bits per heavy atom. The molecule has 0 unspecified atom stereocenters. The van der Waals surface area contributed by atoms with Gasteiger partial charge in [-0.05, 0) is 24.8 Å². The summed E-state index contributed by atoms with van der Waals surface area (Å²) in [5.74, 6) is 0.748. The number of unbranched alkanes of at least 4 members (excludes halogenated alkanes) is 2. The van der Waals surface area contributed by atoms with Crippen molar-refractivity contribution in [2.45, 2.75) is 39.7 Å². The SMILES string of the molecule is CCCCCn1c(C)cc(=O)n2cc(-c3ccsc3)nc12. The van der Waals surface area contributed by atoms with Gasteiger partial charge in [0, 0.05) is 35.4 Å². The maximum atomic E-state index is 12.2. The summed E-state index contributed by atoms with van der Waals surface area (Å²) in [5, 5.41) is 4.08. The largest absolute Gasteiger partial charge is 0.315 e. The first-order valence-corrected chi connectivity index (χ1v) is 8.27. The van der Waals surface area contributed by atoms with Crippen LogP contribution in [-0.2, 0) is 6.54 Å². The van der Waals surface area contributed by atoms with Crippen LogP contribution in [0.3, 0.4) is 0 Å². The van der Waals surface area contributed by atoms with Crippen molar-refractivity contribution in [1.29, 1.82) is 0 Å². The van der Waals surface area contributed by atoms with Gasteiger partial charge in [0.15, 0.2) is 0 Å². The zero-order valence-corrected chi connectivity index (χ0v) is 13.2. The van der Waals surface area contributed by atoms with E-state index in [0.29, 0.717) is 0 Å². The van der Waals surface area contributed by atoms with Crippen LogP contribution in [0.2, 0.25) is 0 Å². The molecule has 110 valence electrons. The number of rotatable bonds is 5. The lowest BCUT2D eigenvalue weighted by molar-refractivity contribution is 0.590. The summed E-state index contributed by atoms with van der Waals surface area (Å²) >= 11 is 1.64. The molecule has 0 N–H and O–H groups in total. The third kappa shape index (κ3) is 2.65. The molecule has 0 aliphatic heterocycles. The quantitative estimate of drug-likeness (QED) is 0.674. The Balaban J connectivity index is 2.11. The molecule has 0 aliphatic carbocycles. The highest BCUT2D eigenvalue weighted by Gasteiger charge is 2.11. The molecule has 0 saturated carbocycles. The fourth-order valence-corrected chi connectivity index (χ4v) is 3.20. The topological polar surface area (TPSA) is 39.3 Å². The van der Waals surface area contributed by atoms with E-state index in [2.05, 4.69) is 21.9 Å². The number of aryl methyl sites for hydroxylation is 2. The highest BCUT2D eigenvalue weighted by atomic mass is 32.1. The normalized spacial score (nSPS) is 11.3. The molecule has 21 heavy (non-hydrogen) atoms. The van der Waals surface area contributed by atoms with Crippen molar-refractivity contribution in [3.8, 4) is 11.3 Å². The number of fused-ring (bicyclic) bond motifs is 1. The van der Waals surface area contributed by atoms with Crippen LogP contribution in [0, 0.1) is 6.92 Å². The molecule has 4 nitrogen and oxygen atoms in total. The van der Waals surface area contributed by atoms with Crippen LogP contribution in [0.5, 0.6) is 0 Å². The lowest BCUT2D eigenvalue weighted by Gasteiger charge is -2.11. The van der Waals surface area contributed by atoms with E-state index in [1.165, 1.54) is 12.8 Å². The van der Waals surface area contributed by atoms with Crippen molar-refractivity contribution in [3.63, 3.8) is 0 Å². The van der Waals surface area contributed by atoms with E-state index < -0.39 is 0 Å². The summed E-state index contributed by atoms with van der Waals surface area (Å²) in [6.07, 6.45) is 5.33. The minimum Gasteiger partial charge on any atom is -0.315 e. The minimum absolute atomic E-state index is 0.0109. The van der Waals surface area contributed by atoms with Crippen molar-refractivity contribution in [2.24, 2.45) is 0 Å². The van der Waals surface area contributed by atoms with E-state index in [-0.39, 0.29) is 5.56 Å². The molecule has 0 bridgehead atoms. The van der Waals surface area contributed by atoms with Crippen LogP contribution in [0.25, 0.3) is 17.0 Å². The van der Waals surface area contributed by atoms with E-state index >= 15 is 0 Å². The van der Waals surface area contributed by atoms with Crippen molar-refractivity contribution < 1.29 is 0 Å². The van der Waals surface area contributed by atoms with Gasteiger partial charge in [-0.1, -0.05) is 19.8 Å². The molecule has 0 radical (unpaired) electrons. The van der Waals surface area contributed by atoms with Gasteiger partial charge in [-0.15, -0.1) is 0 Å². The monoisotopic (exact) mass is 301 g/mol. The molecule has 0 spiro atoms. The van der Waals surface area contributed by atoms with Gasteiger partial charge in [0.05, 0.1) is 5.69 Å². The fourth-order valence-electron chi connectivity index (χ4n) is 2.55. The Bertz CT molecular complexity index is 799. The molecule has 0 aliphatic rings. The van der Waals surface area contributed by atoms with E-state index in [9.17, 15) is 4.79 Å². The van der Waals surface area contributed by atoms with Crippen LogP contribution < -0.4 is 5.56 Å². The minimum atomic E-state index is -0.0109. The molecule has 0 fully saturated rings. The predicted molar refractivity (Wildman–Crippen MR) is 87.0 cm³/mol. The Morgan fingerprint density at radius 1 is 1.33 bits per heavy atom. The second-order valence-electron chi connectivity index (χ2n) is 5.29. The van der Waals surface area contributed by atoms with Crippen molar-refractivity contribution in [2.75, 3.05) is 0 Å². The van der Waals surface area contributed by atoms with E-state index in [4.69, 9.17) is 0 Å².